The molecule has 3 heteroatoms. The van der Waals surface area contributed by atoms with E-state index in [4.69, 9.17) is 4.74 Å². The van der Waals surface area contributed by atoms with Gasteiger partial charge in [0.05, 0.1) is 7.11 Å². The lowest BCUT2D eigenvalue weighted by Gasteiger charge is -2.12. The standard InChI is InChI=1S/C14H18N2O/c1-17-14-8-11-3-5-16-13(11)7-12(14)6-10-2-4-15-9-10/h3,5,7-8,10,15-16H,2,4,6,9H2,1H3. The van der Waals surface area contributed by atoms with Crippen LogP contribution in [0.2, 0.25) is 0 Å². The SMILES string of the molecule is COc1cc2cc[nH]c2cc1CC1CCNC1. The number of H-pyrrole nitrogens is 1. The molecule has 1 aliphatic heterocycles. The number of benzene rings is 1. The van der Waals surface area contributed by atoms with Crippen LogP contribution in [0.25, 0.3) is 10.9 Å². The van der Waals surface area contributed by atoms with E-state index in [-0.39, 0.29) is 0 Å². The summed E-state index contributed by atoms with van der Waals surface area (Å²) in [4.78, 5) is 3.26. The number of fused-ring (bicyclic) bond motifs is 1. The maximum absolute atomic E-state index is 5.50. The molecular formula is C14H18N2O. The summed E-state index contributed by atoms with van der Waals surface area (Å²) in [7, 11) is 1.75. The first-order chi connectivity index (χ1) is 8.36. The number of nitrogens with one attached hydrogen (secondary N) is 2. The fraction of sp³-hybridized carbons (Fsp3) is 0.429. The van der Waals surface area contributed by atoms with Gasteiger partial charge in [-0.1, -0.05) is 0 Å². The molecular weight excluding hydrogens is 212 g/mol. The molecule has 2 N–H and O–H groups in total. The molecule has 3 rings (SSSR count). The van der Waals surface area contributed by atoms with E-state index in [0.717, 1.165) is 31.2 Å². The van der Waals surface area contributed by atoms with Crippen molar-refractivity contribution in [1.82, 2.24) is 10.3 Å². The van der Waals surface area contributed by atoms with Gasteiger partial charge in [0, 0.05) is 17.1 Å². The number of aromatic nitrogens is 1. The first-order valence-corrected chi connectivity index (χ1v) is 6.21. The van der Waals surface area contributed by atoms with Crippen LogP contribution in [-0.4, -0.2) is 25.2 Å². The van der Waals surface area contributed by atoms with Gasteiger partial charge in [0.2, 0.25) is 0 Å². The van der Waals surface area contributed by atoms with Crippen LogP contribution in [0.5, 0.6) is 5.75 Å². The zero-order valence-corrected chi connectivity index (χ0v) is 10.1. The second kappa shape index (κ2) is 4.41. The van der Waals surface area contributed by atoms with Gasteiger partial charge in [0.15, 0.2) is 0 Å². The number of aromatic amines is 1. The summed E-state index contributed by atoms with van der Waals surface area (Å²) < 4.78 is 5.50. The Hall–Kier alpha value is -1.48. The lowest BCUT2D eigenvalue weighted by molar-refractivity contribution is 0.406. The zero-order valence-electron chi connectivity index (χ0n) is 10.1. The topological polar surface area (TPSA) is 37.0 Å². The zero-order chi connectivity index (χ0) is 11.7. The average molecular weight is 230 g/mol. The van der Waals surface area contributed by atoms with E-state index in [9.17, 15) is 0 Å². The summed E-state index contributed by atoms with van der Waals surface area (Å²) in [5.74, 6) is 1.76. The smallest absolute Gasteiger partial charge is 0.122 e. The fourth-order valence-corrected chi connectivity index (χ4v) is 2.67. The van der Waals surface area contributed by atoms with Crippen molar-refractivity contribution in [2.24, 2.45) is 5.92 Å². The van der Waals surface area contributed by atoms with Crippen LogP contribution < -0.4 is 10.1 Å². The fourth-order valence-electron chi connectivity index (χ4n) is 2.67. The Balaban J connectivity index is 1.94. The molecule has 17 heavy (non-hydrogen) atoms. The number of ether oxygens (including phenoxy) is 1. The first-order valence-electron chi connectivity index (χ1n) is 6.21. The molecule has 0 amide bonds. The van der Waals surface area contributed by atoms with Crippen molar-refractivity contribution in [2.75, 3.05) is 20.2 Å². The van der Waals surface area contributed by atoms with E-state index in [1.54, 1.807) is 7.11 Å². The van der Waals surface area contributed by atoms with Gasteiger partial charge in [-0.3, -0.25) is 0 Å². The molecule has 1 unspecified atom stereocenters. The highest BCUT2D eigenvalue weighted by molar-refractivity contribution is 5.82. The molecule has 2 aromatic rings. The Bertz CT molecular complexity index is 512. The van der Waals surface area contributed by atoms with Crippen molar-refractivity contribution in [3.05, 3.63) is 30.0 Å². The molecule has 0 spiro atoms. The normalized spacial score (nSPS) is 19.9. The number of rotatable bonds is 3. The number of hydrogen-bond acceptors (Lipinski definition) is 2. The van der Waals surface area contributed by atoms with Gasteiger partial charge in [-0.25, -0.2) is 0 Å². The van der Waals surface area contributed by atoms with Gasteiger partial charge in [-0.2, -0.15) is 0 Å². The molecule has 1 aromatic heterocycles. The van der Waals surface area contributed by atoms with Gasteiger partial charge < -0.3 is 15.0 Å². The Labute approximate surface area is 101 Å². The number of hydrogen-bond donors (Lipinski definition) is 2. The Morgan fingerprint density at radius 1 is 1.41 bits per heavy atom. The highest BCUT2D eigenvalue weighted by Crippen LogP contribution is 2.28. The predicted molar refractivity (Wildman–Crippen MR) is 69.5 cm³/mol. The molecule has 0 aliphatic carbocycles. The average Bonchev–Trinajstić information content (AvgIpc) is 2.98. The summed E-state index contributed by atoms with van der Waals surface area (Å²) >= 11 is 0. The molecule has 0 saturated carbocycles. The first kappa shape index (κ1) is 10.7. The van der Waals surface area contributed by atoms with Gasteiger partial charge in [-0.15, -0.1) is 0 Å². The van der Waals surface area contributed by atoms with Gasteiger partial charge in [0.1, 0.15) is 5.75 Å². The third-order valence-electron chi connectivity index (χ3n) is 3.63. The summed E-state index contributed by atoms with van der Waals surface area (Å²) in [5, 5.41) is 4.63. The van der Waals surface area contributed by atoms with Crippen molar-refractivity contribution in [3.8, 4) is 5.75 Å². The van der Waals surface area contributed by atoms with Gasteiger partial charge in [-0.05, 0) is 55.6 Å². The molecule has 90 valence electrons. The molecule has 1 atom stereocenters. The van der Waals surface area contributed by atoms with Crippen molar-refractivity contribution < 1.29 is 4.74 Å². The van der Waals surface area contributed by atoms with Crippen molar-refractivity contribution in [3.63, 3.8) is 0 Å². The maximum atomic E-state index is 5.50. The van der Waals surface area contributed by atoms with Gasteiger partial charge in [0.25, 0.3) is 0 Å². The van der Waals surface area contributed by atoms with E-state index >= 15 is 0 Å². The third-order valence-corrected chi connectivity index (χ3v) is 3.63. The molecule has 1 aromatic carbocycles. The Morgan fingerprint density at radius 2 is 2.35 bits per heavy atom. The summed E-state index contributed by atoms with van der Waals surface area (Å²) in [6.45, 7) is 2.28. The minimum atomic E-state index is 0.747. The second-order valence-electron chi connectivity index (χ2n) is 4.79. The minimum Gasteiger partial charge on any atom is -0.496 e. The lowest BCUT2D eigenvalue weighted by Crippen LogP contribution is -2.11. The minimum absolute atomic E-state index is 0.747. The van der Waals surface area contributed by atoms with Crippen molar-refractivity contribution >= 4 is 10.9 Å². The van der Waals surface area contributed by atoms with Crippen LogP contribution in [0.3, 0.4) is 0 Å². The molecule has 3 nitrogen and oxygen atoms in total. The summed E-state index contributed by atoms with van der Waals surface area (Å²) in [6, 6.07) is 6.44. The van der Waals surface area contributed by atoms with E-state index < -0.39 is 0 Å². The van der Waals surface area contributed by atoms with Crippen molar-refractivity contribution in [2.45, 2.75) is 12.8 Å². The van der Waals surface area contributed by atoms with Crippen LogP contribution in [0.15, 0.2) is 24.4 Å². The predicted octanol–water partition coefficient (Wildman–Crippen LogP) is 2.33. The molecule has 0 bridgehead atoms. The maximum Gasteiger partial charge on any atom is 0.122 e. The van der Waals surface area contributed by atoms with E-state index in [2.05, 4.69) is 28.5 Å². The van der Waals surface area contributed by atoms with Crippen LogP contribution >= 0.6 is 0 Å². The lowest BCUT2D eigenvalue weighted by atomic mass is 9.97. The second-order valence-corrected chi connectivity index (χ2v) is 4.79. The summed E-state index contributed by atoms with van der Waals surface area (Å²) in [5.41, 5.74) is 2.52. The Kier molecular flexibility index (Phi) is 2.77. The number of methoxy groups -OCH3 is 1. The van der Waals surface area contributed by atoms with Crippen LogP contribution in [0.4, 0.5) is 0 Å². The van der Waals surface area contributed by atoms with E-state index in [0.29, 0.717) is 0 Å². The molecule has 2 heterocycles. The molecule has 1 fully saturated rings. The highest BCUT2D eigenvalue weighted by Gasteiger charge is 2.17. The van der Waals surface area contributed by atoms with E-state index in [1.165, 1.54) is 22.9 Å². The monoisotopic (exact) mass is 230 g/mol. The third kappa shape index (κ3) is 2.03. The van der Waals surface area contributed by atoms with E-state index in [1.807, 2.05) is 6.20 Å². The Morgan fingerprint density at radius 3 is 3.12 bits per heavy atom. The van der Waals surface area contributed by atoms with Crippen LogP contribution in [0, 0.1) is 5.92 Å². The highest BCUT2D eigenvalue weighted by atomic mass is 16.5. The molecule has 1 saturated heterocycles. The summed E-state index contributed by atoms with van der Waals surface area (Å²) in [6.07, 6.45) is 4.35. The largest absolute Gasteiger partial charge is 0.496 e. The van der Waals surface area contributed by atoms with Gasteiger partial charge >= 0.3 is 0 Å². The molecule has 1 aliphatic rings. The quantitative estimate of drug-likeness (QED) is 0.849. The molecule has 0 radical (unpaired) electrons. The van der Waals surface area contributed by atoms with Crippen LogP contribution in [-0.2, 0) is 6.42 Å². The van der Waals surface area contributed by atoms with Crippen LogP contribution in [0.1, 0.15) is 12.0 Å². The van der Waals surface area contributed by atoms with Crippen molar-refractivity contribution in [1.29, 1.82) is 0 Å².